The summed E-state index contributed by atoms with van der Waals surface area (Å²) in [6.45, 7) is 0.669. The van der Waals surface area contributed by atoms with Crippen molar-refractivity contribution < 1.29 is 4.79 Å². The first-order valence-corrected chi connectivity index (χ1v) is 8.52. The third-order valence-electron chi connectivity index (χ3n) is 4.59. The Labute approximate surface area is 148 Å². The minimum absolute atomic E-state index is 0.0501. The van der Waals surface area contributed by atoms with Crippen molar-refractivity contribution in [3.05, 3.63) is 114 Å². The summed E-state index contributed by atoms with van der Waals surface area (Å²) in [4.78, 5) is 15.0. The number of carbonyl (C=O) groups excluding carboxylic acids is 1. The van der Waals surface area contributed by atoms with Gasteiger partial charge in [0.2, 0.25) is 0 Å². The van der Waals surface area contributed by atoms with E-state index in [4.69, 9.17) is 0 Å². The van der Waals surface area contributed by atoms with E-state index in [0.717, 1.165) is 16.8 Å². The van der Waals surface area contributed by atoms with Crippen LogP contribution in [0.25, 0.3) is 5.70 Å². The number of benzene rings is 3. The highest BCUT2D eigenvalue weighted by molar-refractivity contribution is 6.00. The Morgan fingerprint density at radius 3 is 1.96 bits per heavy atom. The fourth-order valence-electron chi connectivity index (χ4n) is 3.32. The minimum atomic E-state index is 0.0501. The van der Waals surface area contributed by atoms with E-state index in [0.29, 0.717) is 6.54 Å². The molecule has 3 aromatic carbocycles. The number of hydrogen-bond donors (Lipinski definition) is 0. The number of carbonyl (C=O) groups is 1. The van der Waals surface area contributed by atoms with Crippen molar-refractivity contribution >= 4 is 11.6 Å². The topological polar surface area (TPSA) is 20.3 Å². The maximum absolute atomic E-state index is 13.1. The van der Waals surface area contributed by atoms with Gasteiger partial charge in [-0.3, -0.25) is 4.79 Å². The van der Waals surface area contributed by atoms with Gasteiger partial charge in [-0.15, -0.1) is 0 Å². The lowest BCUT2D eigenvalue weighted by atomic mass is 10.00. The maximum atomic E-state index is 13.1. The highest BCUT2D eigenvalue weighted by Crippen LogP contribution is 2.35. The molecule has 0 N–H and O–H groups in total. The summed E-state index contributed by atoms with van der Waals surface area (Å²) >= 11 is 0. The average Bonchev–Trinajstić information content (AvgIpc) is 3.15. The molecule has 0 spiro atoms. The minimum Gasteiger partial charge on any atom is -0.307 e. The molecule has 1 heterocycles. The molecular formula is C23H19NO. The van der Waals surface area contributed by atoms with Gasteiger partial charge in [-0.05, 0) is 23.3 Å². The molecule has 2 nitrogen and oxygen atoms in total. The van der Waals surface area contributed by atoms with Crippen LogP contribution >= 0.6 is 0 Å². The first-order chi connectivity index (χ1) is 12.3. The van der Waals surface area contributed by atoms with Crippen LogP contribution < -0.4 is 0 Å². The predicted octanol–water partition coefficient (Wildman–Crippen LogP) is 4.97. The zero-order valence-electron chi connectivity index (χ0n) is 13.9. The highest BCUT2D eigenvalue weighted by Gasteiger charge is 2.30. The van der Waals surface area contributed by atoms with Gasteiger partial charge in [-0.1, -0.05) is 84.9 Å². The van der Waals surface area contributed by atoms with Gasteiger partial charge in [0.25, 0.3) is 5.91 Å². The molecular weight excluding hydrogens is 306 g/mol. The summed E-state index contributed by atoms with van der Waals surface area (Å²) < 4.78 is 0. The van der Waals surface area contributed by atoms with Crippen molar-refractivity contribution in [1.29, 1.82) is 0 Å². The van der Waals surface area contributed by atoms with Crippen LogP contribution in [0, 0.1) is 0 Å². The van der Waals surface area contributed by atoms with E-state index < -0.39 is 0 Å². The summed E-state index contributed by atoms with van der Waals surface area (Å²) in [7, 11) is 0. The predicted molar refractivity (Wildman–Crippen MR) is 101 cm³/mol. The van der Waals surface area contributed by atoms with Crippen LogP contribution in [0.1, 0.15) is 27.4 Å². The fraction of sp³-hybridized carbons (Fsp3) is 0.0870. The number of hydrogen-bond acceptors (Lipinski definition) is 1. The maximum Gasteiger partial charge on any atom is 0.258 e. The number of amides is 1. The molecule has 25 heavy (non-hydrogen) atoms. The van der Waals surface area contributed by atoms with Crippen LogP contribution in [0.4, 0.5) is 0 Å². The second kappa shape index (κ2) is 6.78. The molecule has 1 aliphatic rings. The molecule has 3 aromatic rings. The average molecular weight is 325 g/mol. The Bertz CT molecular complexity index is 885. The zero-order valence-corrected chi connectivity index (χ0v) is 13.9. The van der Waals surface area contributed by atoms with E-state index >= 15 is 0 Å². The summed E-state index contributed by atoms with van der Waals surface area (Å²) in [6.07, 6.45) is 2.21. The second-order valence-corrected chi connectivity index (χ2v) is 6.22. The van der Waals surface area contributed by atoms with Gasteiger partial charge in [0, 0.05) is 23.7 Å². The van der Waals surface area contributed by atoms with E-state index in [1.807, 2.05) is 71.6 Å². The van der Waals surface area contributed by atoms with Crippen LogP contribution in [0.15, 0.2) is 97.1 Å². The van der Waals surface area contributed by atoms with Crippen molar-refractivity contribution in [2.75, 3.05) is 6.54 Å². The second-order valence-electron chi connectivity index (χ2n) is 6.22. The number of rotatable bonds is 3. The van der Waals surface area contributed by atoms with E-state index in [1.165, 1.54) is 5.56 Å². The van der Waals surface area contributed by atoms with E-state index in [9.17, 15) is 4.79 Å². The first kappa shape index (κ1) is 15.4. The quantitative estimate of drug-likeness (QED) is 0.666. The van der Waals surface area contributed by atoms with E-state index in [1.54, 1.807) is 0 Å². The molecule has 2 heteroatoms. The highest BCUT2D eigenvalue weighted by atomic mass is 16.2. The normalized spacial score (nSPS) is 16.6. The summed E-state index contributed by atoms with van der Waals surface area (Å²) in [5.74, 6) is 0.262. The Balaban J connectivity index is 1.73. The van der Waals surface area contributed by atoms with Crippen LogP contribution in [0.3, 0.4) is 0 Å². The molecule has 4 rings (SSSR count). The van der Waals surface area contributed by atoms with Crippen molar-refractivity contribution in [1.82, 2.24) is 4.90 Å². The molecule has 0 bridgehead atoms. The van der Waals surface area contributed by atoms with Crippen LogP contribution in [0.5, 0.6) is 0 Å². The van der Waals surface area contributed by atoms with E-state index in [-0.39, 0.29) is 11.8 Å². The lowest BCUT2D eigenvalue weighted by Gasteiger charge is -2.22. The third-order valence-corrected chi connectivity index (χ3v) is 4.59. The van der Waals surface area contributed by atoms with Crippen LogP contribution in [0.2, 0.25) is 0 Å². The van der Waals surface area contributed by atoms with Gasteiger partial charge < -0.3 is 4.90 Å². The lowest BCUT2D eigenvalue weighted by Crippen LogP contribution is -2.28. The largest absolute Gasteiger partial charge is 0.307 e. The van der Waals surface area contributed by atoms with E-state index in [2.05, 4.69) is 30.3 Å². The molecule has 1 unspecified atom stereocenters. The van der Waals surface area contributed by atoms with Gasteiger partial charge >= 0.3 is 0 Å². The Morgan fingerprint density at radius 2 is 1.32 bits per heavy atom. The Morgan fingerprint density at radius 1 is 0.760 bits per heavy atom. The Hall–Kier alpha value is -3.13. The summed E-state index contributed by atoms with van der Waals surface area (Å²) in [6, 6.07) is 30.0. The molecule has 0 saturated carbocycles. The standard InChI is InChI=1S/C23H19NO/c25-23(20-14-8-3-9-15-20)24-17-21(18-10-4-1-5-11-18)16-22(24)19-12-6-2-7-13-19/h1-16,21H,17H2. The molecule has 0 fully saturated rings. The fourth-order valence-corrected chi connectivity index (χ4v) is 3.32. The van der Waals surface area contributed by atoms with Crippen LogP contribution in [-0.2, 0) is 0 Å². The van der Waals surface area contributed by atoms with Gasteiger partial charge in [0.05, 0.1) is 0 Å². The molecule has 0 aliphatic carbocycles. The SMILES string of the molecule is O=C(c1ccccc1)N1CC(c2ccccc2)C=C1c1ccccc1. The molecule has 0 aromatic heterocycles. The molecule has 1 atom stereocenters. The smallest absolute Gasteiger partial charge is 0.258 e. The lowest BCUT2D eigenvalue weighted by molar-refractivity contribution is 0.0841. The van der Waals surface area contributed by atoms with Crippen molar-refractivity contribution in [2.45, 2.75) is 5.92 Å². The monoisotopic (exact) mass is 325 g/mol. The van der Waals surface area contributed by atoms with Gasteiger partial charge in [0.15, 0.2) is 0 Å². The van der Waals surface area contributed by atoms with Gasteiger partial charge in [-0.2, -0.15) is 0 Å². The zero-order chi connectivity index (χ0) is 17.1. The third kappa shape index (κ3) is 3.11. The summed E-state index contributed by atoms with van der Waals surface area (Å²) in [5.41, 5.74) is 4.02. The van der Waals surface area contributed by atoms with Gasteiger partial charge in [0.1, 0.15) is 0 Å². The molecule has 0 saturated heterocycles. The first-order valence-electron chi connectivity index (χ1n) is 8.52. The van der Waals surface area contributed by atoms with Crippen LogP contribution in [-0.4, -0.2) is 17.4 Å². The molecule has 122 valence electrons. The van der Waals surface area contributed by atoms with Crippen molar-refractivity contribution in [3.8, 4) is 0 Å². The number of nitrogens with zero attached hydrogens (tertiary/aromatic N) is 1. The summed E-state index contributed by atoms with van der Waals surface area (Å²) in [5, 5.41) is 0. The molecule has 1 aliphatic heterocycles. The molecule has 0 radical (unpaired) electrons. The molecule has 1 amide bonds. The van der Waals surface area contributed by atoms with Crippen molar-refractivity contribution in [3.63, 3.8) is 0 Å². The Kier molecular flexibility index (Phi) is 4.17. The van der Waals surface area contributed by atoms with Gasteiger partial charge in [-0.25, -0.2) is 0 Å². The van der Waals surface area contributed by atoms with Crippen molar-refractivity contribution in [2.24, 2.45) is 0 Å².